The Morgan fingerprint density at radius 2 is 1.48 bits per heavy atom. The standard InChI is InChI=1S/C39H45N3O4/c1-28-36(29(2)43)38(31-15-14-20-34(27-31)42(45)46)37(30(3)44)35(40-28)21-12-4-5-13-24-41-25-22-39(23-26-41,32-16-8-6-9-17-32)33-18-10-7-11-19-33/h6-11,14-20,27,36,38H,4-5,12-13,21-26H2,1-3H3. The molecule has 0 bridgehead atoms. The summed E-state index contributed by atoms with van der Waals surface area (Å²) in [7, 11) is 0. The fraction of sp³-hybridized carbons (Fsp3) is 0.410. The average molecular weight is 620 g/mol. The lowest BCUT2D eigenvalue weighted by Crippen LogP contribution is -2.43. The molecule has 0 N–H and O–H groups in total. The highest BCUT2D eigenvalue weighted by Gasteiger charge is 2.40. The number of non-ortho nitro benzene ring substituents is 1. The molecule has 7 heteroatoms. The van der Waals surface area contributed by atoms with Gasteiger partial charge in [0.1, 0.15) is 5.78 Å². The van der Waals surface area contributed by atoms with E-state index < -0.39 is 16.8 Å². The van der Waals surface area contributed by atoms with Crippen molar-refractivity contribution in [3.05, 3.63) is 123 Å². The first-order valence-corrected chi connectivity index (χ1v) is 16.6. The van der Waals surface area contributed by atoms with E-state index in [1.807, 2.05) is 6.92 Å². The number of allylic oxidation sites excluding steroid dienone is 2. The van der Waals surface area contributed by atoms with Gasteiger partial charge in [-0.25, -0.2) is 0 Å². The first-order valence-electron chi connectivity index (χ1n) is 16.6. The highest BCUT2D eigenvalue weighted by molar-refractivity contribution is 6.09. The summed E-state index contributed by atoms with van der Waals surface area (Å²) in [6.07, 6.45) is 6.97. The number of benzene rings is 3. The third-order valence-electron chi connectivity index (χ3n) is 9.97. The van der Waals surface area contributed by atoms with Crippen LogP contribution in [0.4, 0.5) is 5.69 Å². The van der Waals surface area contributed by atoms with Crippen molar-refractivity contribution in [2.45, 2.75) is 77.0 Å². The van der Waals surface area contributed by atoms with E-state index in [2.05, 4.69) is 65.6 Å². The second-order valence-corrected chi connectivity index (χ2v) is 12.9. The zero-order chi connectivity index (χ0) is 32.7. The molecule has 0 aromatic heterocycles. The molecule has 0 amide bonds. The van der Waals surface area contributed by atoms with Crippen LogP contribution in [-0.4, -0.2) is 46.7 Å². The van der Waals surface area contributed by atoms with Crippen LogP contribution in [-0.2, 0) is 15.0 Å². The molecule has 5 rings (SSSR count). The first kappa shape index (κ1) is 33.1. The summed E-state index contributed by atoms with van der Waals surface area (Å²) in [6.45, 7) is 8.06. The van der Waals surface area contributed by atoms with Crippen molar-refractivity contribution in [1.82, 2.24) is 4.90 Å². The van der Waals surface area contributed by atoms with Gasteiger partial charge in [-0.05, 0) is 89.2 Å². The summed E-state index contributed by atoms with van der Waals surface area (Å²) in [6, 6.07) is 28.2. The average Bonchev–Trinajstić information content (AvgIpc) is 3.06. The van der Waals surface area contributed by atoms with Gasteiger partial charge in [0, 0.05) is 40.4 Å². The maximum Gasteiger partial charge on any atom is 0.269 e. The number of unbranched alkanes of at least 4 members (excludes halogenated alkanes) is 3. The molecule has 2 aliphatic rings. The smallest absolute Gasteiger partial charge is 0.269 e. The van der Waals surface area contributed by atoms with Crippen molar-refractivity contribution in [2.75, 3.05) is 19.6 Å². The van der Waals surface area contributed by atoms with E-state index in [-0.39, 0.29) is 22.7 Å². The summed E-state index contributed by atoms with van der Waals surface area (Å²) in [5, 5.41) is 11.5. The maximum atomic E-state index is 13.0. The zero-order valence-electron chi connectivity index (χ0n) is 27.3. The topological polar surface area (TPSA) is 92.9 Å². The van der Waals surface area contributed by atoms with Gasteiger partial charge < -0.3 is 4.90 Å². The molecule has 7 nitrogen and oxygen atoms in total. The first-order chi connectivity index (χ1) is 22.2. The number of rotatable bonds is 13. The van der Waals surface area contributed by atoms with Gasteiger partial charge >= 0.3 is 0 Å². The number of aliphatic imine (C=N–C) groups is 1. The molecule has 0 aliphatic carbocycles. The van der Waals surface area contributed by atoms with Crippen LogP contribution < -0.4 is 0 Å². The number of nitrogens with zero attached hydrogens (tertiary/aromatic N) is 3. The monoisotopic (exact) mass is 619 g/mol. The number of piperidine rings is 1. The number of Topliss-reactive ketones (excluding diaryl/α,β-unsaturated/α-hetero) is 2. The molecule has 46 heavy (non-hydrogen) atoms. The van der Waals surface area contributed by atoms with Crippen LogP contribution in [0.5, 0.6) is 0 Å². The van der Waals surface area contributed by atoms with Crippen molar-refractivity contribution in [1.29, 1.82) is 0 Å². The molecule has 2 heterocycles. The van der Waals surface area contributed by atoms with Gasteiger partial charge in [0.05, 0.1) is 10.8 Å². The van der Waals surface area contributed by atoms with Gasteiger partial charge in [-0.1, -0.05) is 85.6 Å². The van der Waals surface area contributed by atoms with Crippen LogP contribution in [0.3, 0.4) is 0 Å². The van der Waals surface area contributed by atoms with Gasteiger partial charge in [0.25, 0.3) is 5.69 Å². The largest absolute Gasteiger partial charge is 0.303 e. The summed E-state index contributed by atoms with van der Waals surface area (Å²) < 4.78 is 0. The van der Waals surface area contributed by atoms with E-state index in [4.69, 9.17) is 4.99 Å². The van der Waals surface area contributed by atoms with Crippen molar-refractivity contribution < 1.29 is 14.5 Å². The SMILES string of the molecule is CC(=O)C1=C(CCCCCCN2CCC(c3ccccc3)(c3ccccc3)CC2)N=C(C)C(C(C)=O)C1c1cccc([N+](=O)[O-])c1. The number of carbonyl (C=O) groups excluding carboxylic acids is 2. The lowest BCUT2D eigenvalue weighted by Gasteiger charge is -2.43. The van der Waals surface area contributed by atoms with Crippen LogP contribution in [0.25, 0.3) is 0 Å². The molecule has 0 spiro atoms. The van der Waals surface area contributed by atoms with Crippen molar-refractivity contribution in [2.24, 2.45) is 10.9 Å². The highest BCUT2D eigenvalue weighted by atomic mass is 16.6. The van der Waals surface area contributed by atoms with Crippen LogP contribution in [0, 0.1) is 16.0 Å². The van der Waals surface area contributed by atoms with Crippen LogP contribution in [0.1, 0.15) is 88.3 Å². The third kappa shape index (κ3) is 7.26. The van der Waals surface area contributed by atoms with E-state index in [9.17, 15) is 19.7 Å². The Bertz CT molecular complexity index is 1560. The van der Waals surface area contributed by atoms with E-state index in [1.54, 1.807) is 12.1 Å². The molecule has 2 unspecified atom stereocenters. The normalized spacial score (nSPS) is 19.8. The fourth-order valence-electron chi connectivity index (χ4n) is 7.66. The van der Waals surface area contributed by atoms with Crippen LogP contribution >= 0.6 is 0 Å². The summed E-state index contributed by atoms with van der Waals surface area (Å²) in [5.74, 6) is -1.42. The summed E-state index contributed by atoms with van der Waals surface area (Å²) in [5.41, 5.74) is 5.32. The minimum absolute atomic E-state index is 0.0519. The Balaban J connectivity index is 1.19. The Hall–Kier alpha value is -4.23. The number of hydrogen-bond acceptors (Lipinski definition) is 6. The van der Waals surface area contributed by atoms with E-state index in [0.717, 1.165) is 58.2 Å². The van der Waals surface area contributed by atoms with Gasteiger partial charge in [-0.15, -0.1) is 0 Å². The Kier molecular flexibility index (Phi) is 10.7. The molecule has 2 atom stereocenters. The van der Waals surface area contributed by atoms with E-state index in [1.165, 1.54) is 37.1 Å². The minimum Gasteiger partial charge on any atom is -0.303 e. The quantitative estimate of drug-likeness (QED) is 0.109. The maximum absolute atomic E-state index is 13.0. The summed E-state index contributed by atoms with van der Waals surface area (Å²) in [4.78, 5) is 44.3. The van der Waals surface area contributed by atoms with Crippen molar-refractivity contribution in [3.8, 4) is 0 Å². The zero-order valence-corrected chi connectivity index (χ0v) is 27.3. The van der Waals surface area contributed by atoms with E-state index >= 15 is 0 Å². The molecule has 0 radical (unpaired) electrons. The molecule has 3 aromatic carbocycles. The Labute approximate surface area is 272 Å². The number of carbonyl (C=O) groups is 2. The fourth-order valence-corrected chi connectivity index (χ4v) is 7.66. The second-order valence-electron chi connectivity index (χ2n) is 12.9. The highest BCUT2D eigenvalue weighted by Crippen LogP contribution is 2.43. The lowest BCUT2D eigenvalue weighted by atomic mass is 9.68. The summed E-state index contributed by atoms with van der Waals surface area (Å²) >= 11 is 0. The second kappa shape index (κ2) is 14.9. The van der Waals surface area contributed by atoms with E-state index in [0.29, 0.717) is 29.0 Å². The van der Waals surface area contributed by atoms with Crippen LogP contribution in [0.15, 0.2) is 101 Å². The van der Waals surface area contributed by atoms with Gasteiger partial charge in [-0.3, -0.25) is 24.7 Å². The molecule has 2 aliphatic heterocycles. The number of likely N-dealkylation sites (tertiary alicyclic amines) is 1. The minimum atomic E-state index is -0.614. The molecule has 1 saturated heterocycles. The predicted octanol–water partition coefficient (Wildman–Crippen LogP) is 8.23. The Morgan fingerprint density at radius 1 is 0.870 bits per heavy atom. The van der Waals surface area contributed by atoms with Crippen LogP contribution in [0.2, 0.25) is 0 Å². The van der Waals surface area contributed by atoms with Gasteiger partial charge in [0.15, 0.2) is 5.78 Å². The molecular formula is C39H45N3O4. The molecule has 240 valence electrons. The predicted molar refractivity (Wildman–Crippen MR) is 183 cm³/mol. The van der Waals surface area contributed by atoms with Crippen molar-refractivity contribution >= 4 is 23.0 Å². The molecular weight excluding hydrogens is 574 g/mol. The lowest BCUT2D eigenvalue weighted by molar-refractivity contribution is -0.384. The molecule has 1 fully saturated rings. The van der Waals surface area contributed by atoms with Gasteiger partial charge in [0.2, 0.25) is 0 Å². The number of nitro benzene ring substituents is 1. The number of hydrogen-bond donors (Lipinski definition) is 0. The number of nitro groups is 1. The Morgan fingerprint density at radius 3 is 2.04 bits per heavy atom. The molecule has 0 saturated carbocycles. The van der Waals surface area contributed by atoms with Gasteiger partial charge in [-0.2, -0.15) is 0 Å². The van der Waals surface area contributed by atoms with Crippen molar-refractivity contribution in [3.63, 3.8) is 0 Å². The molecule has 3 aromatic rings. The third-order valence-corrected chi connectivity index (χ3v) is 9.97. The number of ketones is 2.